The van der Waals surface area contributed by atoms with Crippen molar-refractivity contribution in [2.45, 2.75) is 20.0 Å². The topological polar surface area (TPSA) is 88.7 Å². The van der Waals surface area contributed by atoms with E-state index in [-0.39, 0.29) is 5.11 Å². The number of amides is 2. The van der Waals surface area contributed by atoms with Gasteiger partial charge in [-0.3, -0.25) is 25.8 Å². The van der Waals surface area contributed by atoms with E-state index in [1.165, 1.54) is 0 Å². The third kappa shape index (κ3) is 7.05. The second kappa shape index (κ2) is 12.2. The molecule has 0 aliphatic carbocycles. The molecule has 0 atom stereocenters. The van der Waals surface area contributed by atoms with Gasteiger partial charge in [-0.25, -0.2) is 0 Å². The molecule has 0 aliphatic rings. The summed E-state index contributed by atoms with van der Waals surface area (Å²) < 4.78 is 11.4. The number of hydrogen-bond acceptors (Lipinski definition) is 5. The highest BCUT2D eigenvalue weighted by atomic mass is 32.1. The van der Waals surface area contributed by atoms with E-state index in [4.69, 9.17) is 21.7 Å². The van der Waals surface area contributed by atoms with Crippen LogP contribution >= 0.6 is 12.2 Å². The van der Waals surface area contributed by atoms with Crippen LogP contribution < -0.4 is 25.6 Å². The van der Waals surface area contributed by atoms with Crippen LogP contribution in [0.4, 0.5) is 0 Å². The van der Waals surface area contributed by atoms with Gasteiger partial charge < -0.3 is 9.47 Å². The van der Waals surface area contributed by atoms with Crippen molar-refractivity contribution in [3.8, 4) is 11.5 Å². The van der Waals surface area contributed by atoms with Crippen molar-refractivity contribution >= 4 is 29.1 Å². The molecule has 0 fully saturated rings. The molecule has 3 N–H and O–H groups in total. The summed E-state index contributed by atoms with van der Waals surface area (Å²) >= 11 is 5.15. The average molecular weight is 464 g/mol. The average Bonchev–Trinajstić information content (AvgIpc) is 2.85. The number of ether oxygens (including phenoxy) is 2. The number of hydrogen-bond donors (Lipinski definition) is 3. The Balaban J connectivity index is 1.56. The quantitative estimate of drug-likeness (QED) is 0.346. The summed E-state index contributed by atoms with van der Waals surface area (Å²) in [4.78, 5) is 25.2. The first-order chi connectivity index (χ1) is 16.1. The number of nitrogens with one attached hydrogen (secondary N) is 3. The highest BCUT2D eigenvalue weighted by Gasteiger charge is 2.15. The summed E-state index contributed by atoms with van der Waals surface area (Å²) in [6, 6.07) is 23.4. The van der Waals surface area contributed by atoms with Gasteiger partial charge in [-0.15, -0.1) is 0 Å². The maximum atomic E-state index is 12.7. The molecule has 3 aromatic carbocycles. The van der Waals surface area contributed by atoms with Crippen LogP contribution in [0.2, 0.25) is 0 Å². The number of thiocarbonyl (C=S) groups is 1. The van der Waals surface area contributed by atoms with Crippen molar-refractivity contribution in [1.82, 2.24) is 16.2 Å². The predicted octanol–water partition coefficient (Wildman–Crippen LogP) is 4.00. The molecule has 3 rings (SSSR count). The van der Waals surface area contributed by atoms with Gasteiger partial charge in [0.2, 0.25) is 0 Å². The molecule has 7 nitrogen and oxygen atoms in total. The summed E-state index contributed by atoms with van der Waals surface area (Å²) in [5.41, 5.74) is 6.70. The first-order valence-corrected chi connectivity index (χ1v) is 10.9. The van der Waals surface area contributed by atoms with Gasteiger partial charge >= 0.3 is 0 Å². The van der Waals surface area contributed by atoms with Gasteiger partial charge in [-0.05, 0) is 48.5 Å². The van der Waals surface area contributed by atoms with Gasteiger partial charge in [0.15, 0.2) is 5.11 Å². The standard InChI is InChI=1S/C25H25N3O4S/c1-2-16-31-21-14-8-6-12-19(21)23(29)26-25(33)28-27-24(30)20-13-7-9-15-22(20)32-17-18-10-4-3-5-11-18/h3-15H,2,16-17H2,1H3,(H,27,30)(H2,26,28,29,33). The van der Waals surface area contributed by atoms with Crippen LogP contribution in [0.25, 0.3) is 0 Å². The predicted molar refractivity (Wildman–Crippen MR) is 130 cm³/mol. The van der Waals surface area contributed by atoms with Gasteiger partial charge in [-0.1, -0.05) is 61.5 Å². The van der Waals surface area contributed by atoms with Gasteiger partial charge in [0, 0.05) is 0 Å². The number of benzene rings is 3. The molecule has 0 heterocycles. The summed E-state index contributed by atoms with van der Waals surface area (Å²) in [7, 11) is 0. The molecular formula is C25H25N3O4S. The third-order valence-electron chi connectivity index (χ3n) is 4.48. The van der Waals surface area contributed by atoms with Crippen molar-refractivity contribution in [2.24, 2.45) is 0 Å². The molecular weight excluding hydrogens is 438 g/mol. The van der Waals surface area contributed by atoms with E-state index >= 15 is 0 Å². The SMILES string of the molecule is CCCOc1ccccc1C(=O)NC(=S)NNC(=O)c1ccccc1OCc1ccccc1. The van der Waals surface area contributed by atoms with E-state index in [0.717, 1.165) is 12.0 Å². The second-order valence-corrected chi connectivity index (χ2v) is 7.39. The molecule has 0 saturated heterocycles. The first kappa shape index (κ1) is 23.7. The molecule has 170 valence electrons. The Kier molecular flexibility index (Phi) is 8.79. The Labute approximate surface area is 198 Å². The van der Waals surface area contributed by atoms with Crippen LogP contribution in [0.3, 0.4) is 0 Å². The number of hydrazine groups is 1. The molecule has 0 aromatic heterocycles. The Morgan fingerprint density at radius 1 is 0.758 bits per heavy atom. The Bertz CT molecular complexity index is 1110. The molecule has 8 heteroatoms. The molecule has 2 amide bonds. The second-order valence-electron chi connectivity index (χ2n) is 6.98. The summed E-state index contributed by atoms with van der Waals surface area (Å²) in [6.45, 7) is 2.80. The first-order valence-electron chi connectivity index (χ1n) is 10.5. The largest absolute Gasteiger partial charge is 0.493 e. The molecule has 0 aliphatic heterocycles. The lowest BCUT2D eigenvalue weighted by Crippen LogP contribution is -2.48. The lowest BCUT2D eigenvalue weighted by atomic mass is 10.2. The van der Waals surface area contributed by atoms with Gasteiger partial charge in [0.1, 0.15) is 18.1 Å². The zero-order chi connectivity index (χ0) is 23.5. The van der Waals surface area contributed by atoms with E-state index in [1.54, 1.807) is 48.5 Å². The zero-order valence-corrected chi connectivity index (χ0v) is 19.0. The summed E-state index contributed by atoms with van der Waals surface area (Å²) in [5, 5.41) is 2.48. The van der Waals surface area contributed by atoms with Crippen LogP contribution in [-0.2, 0) is 6.61 Å². The van der Waals surface area contributed by atoms with Crippen LogP contribution in [0.5, 0.6) is 11.5 Å². The van der Waals surface area contributed by atoms with Crippen LogP contribution in [0, 0.1) is 0 Å². The monoisotopic (exact) mass is 463 g/mol. The molecule has 33 heavy (non-hydrogen) atoms. The van der Waals surface area contributed by atoms with Gasteiger partial charge in [0.25, 0.3) is 11.8 Å². The fraction of sp³-hybridized carbons (Fsp3) is 0.160. The van der Waals surface area contributed by atoms with Crippen molar-refractivity contribution in [3.05, 3.63) is 95.6 Å². The number of carbonyl (C=O) groups excluding carboxylic acids is 2. The fourth-order valence-electron chi connectivity index (χ4n) is 2.89. The highest BCUT2D eigenvalue weighted by molar-refractivity contribution is 7.80. The molecule has 0 saturated carbocycles. The number of carbonyl (C=O) groups is 2. The smallest absolute Gasteiger partial charge is 0.273 e. The van der Waals surface area contributed by atoms with E-state index in [2.05, 4.69) is 16.2 Å². The van der Waals surface area contributed by atoms with Crippen LogP contribution in [0.15, 0.2) is 78.9 Å². The Morgan fingerprint density at radius 2 is 1.33 bits per heavy atom. The van der Waals surface area contributed by atoms with Crippen molar-refractivity contribution in [1.29, 1.82) is 0 Å². The summed E-state index contributed by atoms with van der Waals surface area (Å²) in [6.07, 6.45) is 0.818. The normalized spacial score (nSPS) is 10.1. The molecule has 0 radical (unpaired) electrons. The maximum Gasteiger partial charge on any atom is 0.273 e. The van der Waals surface area contributed by atoms with E-state index in [0.29, 0.717) is 35.8 Å². The fourth-order valence-corrected chi connectivity index (χ4v) is 3.03. The van der Waals surface area contributed by atoms with Crippen molar-refractivity contribution < 1.29 is 19.1 Å². The van der Waals surface area contributed by atoms with Crippen LogP contribution in [0.1, 0.15) is 39.6 Å². The zero-order valence-electron chi connectivity index (χ0n) is 18.2. The number of para-hydroxylation sites is 2. The van der Waals surface area contributed by atoms with E-state index in [1.807, 2.05) is 37.3 Å². The van der Waals surface area contributed by atoms with E-state index < -0.39 is 11.8 Å². The number of rotatable bonds is 8. The lowest BCUT2D eigenvalue weighted by molar-refractivity contribution is 0.0930. The minimum absolute atomic E-state index is 0.0543. The lowest BCUT2D eigenvalue weighted by Gasteiger charge is -2.14. The minimum atomic E-state index is -0.457. The van der Waals surface area contributed by atoms with E-state index in [9.17, 15) is 9.59 Å². The Morgan fingerprint density at radius 3 is 2.00 bits per heavy atom. The van der Waals surface area contributed by atoms with Crippen molar-refractivity contribution in [2.75, 3.05) is 6.61 Å². The highest BCUT2D eigenvalue weighted by Crippen LogP contribution is 2.20. The molecule has 0 unspecified atom stereocenters. The van der Waals surface area contributed by atoms with Crippen molar-refractivity contribution in [3.63, 3.8) is 0 Å². The minimum Gasteiger partial charge on any atom is -0.493 e. The molecule has 0 bridgehead atoms. The van der Waals surface area contributed by atoms with Crippen LogP contribution in [-0.4, -0.2) is 23.5 Å². The third-order valence-corrected chi connectivity index (χ3v) is 4.68. The van der Waals surface area contributed by atoms with Gasteiger partial charge in [0.05, 0.1) is 17.7 Å². The molecule has 0 spiro atoms. The Hall–Kier alpha value is -3.91. The summed E-state index contributed by atoms with van der Waals surface area (Å²) in [5.74, 6) is -0.00669. The maximum absolute atomic E-state index is 12.7. The molecule has 3 aromatic rings. The van der Waals surface area contributed by atoms with Gasteiger partial charge in [-0.2, -0.15) is 0 Å².